The van der Waals surface area contributed by atoms with Crippen LogP contribution < -0.4 is 4.74 Å². The van der Waals surface area contributed by atoms with Gasteiger partial charge in [0.05, 0.1) is 11.0 Å². The van der Waals surface area contributed by atoms with Gasteiger partial charge in [-0.1, -0.05) is 0 Å². The van der Waals surface area contributed by atoms with Crippen LogP contribution in [0.3, 0.4) is 0 Å². The first-order valence-electron chi connectivity index (χ1n) is 5.25. The van der Waals surface area contributed by atoms with Crippen molar-refractivity contribution in [2.45, 2.75) is 6.10 Å². The standard InChI is InChI=1S/C11H11BrFNO4/c12-9-3-7(13)1-2-10(9)17-6-11(16)14-4-8(15)5-18-14/h1-3,8,15H,4-6H2. The highest BCUT2D eigenvalue weighted by atomic mass is 79.9. The number of β-amino-alcohol motifs (C(OH)–C–C–N with tert-alkyl or cyclic N) is 1. The molecule has 1 atom stereocenters. The topological polar surface area (TPSA) is 59.0 Å². The highest BCUT2D eigenvalue weighted by Gasteiger charge is 2.26. The molecule has 0 saturated carbocycles. The van der Waals surface area contributed by atoms with Gasteiger partial charge in [0.15, 0.2) is 6.61 Å². The zero-order valence-electron chi connectivity index (χ0n) is 9.31. The number of rotatable bonds is 3. The SMILES string of the molecule is O=C(COc1ccc(F)cc1Br)N1CC(O)CO1. The van der Waals surface area contributed by atoms with Crippen LogP contribution in [0.15, 0.2) is 22.7 Å². The van der Waals surface area contributed by atoms with E-state index >= 15 is 0 Å². The van der Waals surface area contributed by atoms with Crippen LogP contribution in [0.25, 0.3) is 0 Å². The van der Waals surface area contributed by atoms with Crippen molar-refractivity contribution < 1.29 is 23.9 Å². The number of aliphatic hydroxyl groups excluding tert-OH is 1. The Morgan fingerprint density at radius 2 is 2.44 bits per heavy atom. The predicted molar refractivity (Wildman–Crippen MR) is 63.3 cm³/mol. The molecule has 1 aromatic carbocycles. The molecule has 1 aliphatic rings. The zero-order valence-corrected chi connectivity index (χ0v) is 10.9. The number of hydrogen-bond donors (Lipinski definition) is 1. The van der Waals surface area contributed by atoms with Gasteiger partial charge in [-0.2, -0.15) is 0 Å². The molecule has 1 heterocycles. The minimum absolute atomic E-state index is 0.103. The minimum Gasteiger partial charge on any atom is -0.482 e. The van der Waals surface area contributed by atoms with Gasteiger partial charge in [0, 0.05) is 0 Å². The fraction of sp³-hybridized carbons (Fsp3) is 0.364. The molecule has 0 radical (unpaired) electrons. The number of halogens is 2. The third-order valence-electron chi connectivity index (χ3n) is 2.32. The molecule has 1 aromatic rings. The molecule has 18 heavy (non-hydrogen) atoms. The number of nitrogens with zero attached hydrogens (tertiary/aromatic N) is 1. The lowest BCUT2D eigenvalue weighted by molar-refractivity contribution is -0.170. The molecule has 1 unspecified atom stereocenters. The van der Waals surface area contributed by atoms with Crippen LogP contribution in [0, 0.1) is 5.82 Å². The summed E-state index contributed by atoms with van der Waals surface area (Å²) in [7, 11) is 0. The number of hydroxylamine groups is 2. The minimum atomic E-state index is -0.661. The lowest BCUT2D eigenvalue weighted by Crippen LogP contribution is -2.32. The van der Waals surface area contributed by atoms with E-state index in [-0.39, 0.29) is 19.8 Å². The van der Waals surface area contributed by atoms with Crippen molar-refractivity contribution in [3.63, 3.8) is 0 Å². The van der Waals surface area contributed by atoms with Gasteiger partial charge in [0.2, 0.25) is 0 Å². The van der Waals surface area contributed by atoms with Gasteiger partial charge < -0.3 is 9.84 Å². The van der Waals surface area contributed by atoms with Crippen LogP contribution >= 0.6 is 15.9 Å². The summed E-state index contributed by atoms with van der Waals surface area (Å²) in [6.45, 7) is -0.00425. The number of amides is 1. The van der Waals surface area contributed by atoms with Crippen molar-refractivity contribution in [3.05, 3.63) is 28.5 Å². The van der Waals surface area contributed by atoms with E-state index in [4.69, 9.17) is 9.57 Å². The Balaban J connectivity index is 1.89. The molecule has 1 amide bonds. The summed E-state index contributed by atoms with van der Waals surface area (Å²) in [5, 5.41) is 10.3. The van der Waals surface area contributed by atoms with E-state index in [0.717, 1.165) is 5.06 Å². The maximum Gasteiger partial charge on any atom is 0.284 e. The second-order valence-electron chi connectivity index (χ2n) is 3.77. The Morgan fingerprint density at radius 1 is 1.67 bits per heavy atom. The van der Waals surface area contributed by atoms with Gasteiger partial charge >= 0.3 is 0 Å². The Morgan fingerprint density at radius 3 is 3.06 bits per heavy atom. The molecule has 2 rings (SSSR count). The van der Waals surface area contributed by atoms with E-state index in [0.29, 0.717) is 10.2 Å². The van der Waals surface area contributed by atoms with Gasteiger partial charge in [-0.15, -0.1) is 0 Å². The number of aliphatic hydroxyl groups is 1. The molecule has 98 valence electrons. The van der Waals surface area contributed by atoms with E-state index in [1.807, 2.05) is 0 Å². The Kier molecular flexibility index (Phi) is 4.15. The number of benzene rings is 1. The molecule has 1 aliphatic heterocycles. The summed E-state index contributed by atoms with van der Waals surface area (Å²) in [5.74, 6) is -0.432. The lowest BCUT2D eigenvalue weighted by Gasteiger charge is -2.14. The Hall–Kier alpha value is -1.18. The van der Waals surface area contributed by atoms with Crippen LogP contribution in [-0.2, 0) is 9.63 Å². The van der Waals surface area contributed by atoms with Crippen LogP contribution in [0.5, 0.6) is 5.75 Å². The molecule has 1 N–H and O–H groups in total. The molecule has 1 fully saturated rings. The second-order valence-corrected chi connectivity index (χ2v) is 4.62. The quantitative estimate of drug-likeness (QED) is 0.906. The summed E-state index contributed by atoms with van der Waals surface area (Å²) >= 11 is 3.13. The predicted octanol–water partition coefficient (Wildman–Crippen LogP) is 1.10. The molecule has 0 aliphatic carbocycles. The molecule has 7 heteroatoms. The Labute approximate surface area is 111 Å². The largest absolute Gasteiger partial charge is 0.482 e. The van der Waals surface area contributed by atoms with Gasteiger partial charge in [-0.05, 0) is 34.1 Å². The first kappa shape index (κ1) is 13.3. The number of carbonyl (C=O) groups excluding carboxylic acids is 1. The number of carbonyl (C=O) groups is 1. The van der Waals surface area contributed by atoms with Crippen molar-refractivity contribution in [3.8, 4) is 5.75 Å². The van der Waals surface area contributed by atoms with Gasteiger partial charge in [-0.25, -0.2) is 9.45 Å². The molecule has 0 aromatic heterocycles. The molecular weight excluding hydrogens is 309 g/mol. The summed E-state index contributed by atoms with van der Waals surface area (Å²) in [5.41, 5.74) is 0. The highest BCUT2D eigenvalue weighted by Crippen LogP contribution is 2.25. The van der Waals surface area contributed by atoms with E-state index in [2.05, 4.69) is 15.9 Å². The average molecular weight is 320 g/mol. The molecule has 0 bridgehead atoms. The van der Waals surface area contributed by atoms with Crippen molar-refractivity contribution in [2.24, 2.45) is 0 Å². The van der Waals surface area contributed by atoms with Gasteiger partial charge in [0.25, 0.3) is 5.91 Å². The van der Waals surface area contributed by atoms with E-state index in [1.54, 1.807) is 0 Å². The normalized spacial score (nSPS) is 19.1. The fourth-order valence-corrected chi connectivity index (χ4v) is 1.92. The average Bonchev–Trinajstić information content (AvgIpc) is 2.74. The van der Waals surface area contributed by atoms with E-state index in [9.17, 15) is 14.3 Å². The summed E-state index contributed by atoms with van der Waals surface area (Å²) < 4.78 is 18.5. The van der Waals surface area contributed by atoms with E-state index < -0.39 is 17.8 Å². The summed E-state index contributed by atoms with van der Waals surface area (Å²) in [6.07, 6.45) is -0.661. The maximum atomic E-state index is 12.8. The number of ether oxygens (including phenoxy) is 1. The smallest absolute Gasteiger partial charge is 0.284 e. The fourth-order valence-electron chi connectivity index (χ4n) is 1.45. The van der Waals surface area contributed by atoms with Crippen LogP contribution in [0.2, 0.25) is 0 Å². The monoisotopic (exact) mass is 319 g/mol. The van der Waals surface area contributed by atoms with Gasteiger partial charge in [0.1, 0.15) is 24.3 Å². The highest BCUT2D eigenvalue weighted by molar-refractivity contribution is 9.10. The zero-order chi connectivity index (χ0) is 13.1. The molecular formula is C11H11BrFNO4. The van der Waals surface area contributed by atoms with Crippen molar-refractivity contribution in [1.82, 2.24) is 5.06 Å². The molecule has 1 saturated heterocycles. The first-order chi connectivity index (χ1) is 8.56. The third-order valence-corrected chi connectivity index (χ3v) is 2.94. The summed E-state index contributed by atoms with van der Waals surface area (Å²) in [6, 6.07) is 3.91. The Bertz CT molecular complexity index is 457. The van der Waals surface area contributed by atoms with Crippen LogP contribution in [-0.4, -0.2) is 41.9 Å². The summed E-state index contributed by atoms with van der Waals surface area (Å²) in [4.78, 5) is 16.6. The van der Waals surface area contributed by atoms with E-state index in [1.165, 1.54) is 18.2 Å². The first-order valence-corrected chi connectivity index (χ1v) is 6.05. The van der Waals surface area contributed by atoms with Crippen molar-refractivity contribution >= 4 is 21.8 Å². The van der Waals surface area contributed by atoms with Crippen LogP contribution in [0.4, 0.5) is 4.39 Å². The molecule has 0 spiro atoms. The van der Waals surface area contributed by atoms with Crippen molar-refractivity contribution in [2.75, 3.05) is 19.8 Å². The molecule has 5 nitrogen and oxygen atoms in total. The van der Waals surface area contributed by atoms with Crippen molar-refractivity contribution in [1.29, 1.82) is 0 Å². The number of hydrogen-bond acceptors (Lipinski definition) is 4. The maximum absolute atomic E-state index is 12.8. The second kappa shape index (κ2) is 5.64. The lowest BCUT2D eigenvalue weighted by atomic mass is 10.3. The van der Waals surface area contributed by atoms with Gasteiger partial charge in [-0.3, -0.25) is 9.63 Å². The third kappa shape index (κ3) is 3.18. The van der Waals surface area contributed by atoms with Crippen LogP contribution in [0.1, 0.15) is 0 Å².